The van der Waals surface area contributed by atoms with Crippen LogP contribution in [0.25, 0.3) is 11.1 Å². The van der Waals surface area contributed by atoms with Crippen molar-refractivity contribution in [2.45, 2.75) is 0 Å². The predicted octanol–water partition coefficient (Wildman–Crippen LogP) is 3.19. The van der Waals surface area contributed by atoms with Gasteiger partial charge in [-0.15, -0.1) is 12.4 Å². The van der Waals surface area contributed by atoms with Crippen LogP contribution < -0.4 is 9.47 Å². The highest BCUT2D eigenvalue weighted by atomic mass is 35.5. The molecule has 4 heteroatoms. The summed E-state index contributed by atoms with van der Waals surface area (Å²) >= 11 is 0. The van der Waals surface area contributed by atoms with Crippen molar-refractivity contribution in [3.63, 3.8) is 0 Å². The summed E-state index contributed by atoms with van der Waals surface area (Å²) in [6.07, 6.45) is 3.57. The number of aromatic nitrogens is 1. The minimum atomic E-state index is 0. The van der Waals surface area contributed by atoms with E-state index in [1.807, 2.05) is 36.5 Å². The molecular formula is C13H14ClNO2. The highest BCUT2D eigenvalue weighted by molar-refractivity contribution is 5.85. The molecule has 2 aromatic rings. The zero-order chi connectivity index (χ0) is 11.4. The van der Waals surface area contributed by atoms with E-state index in [1.165, 1.54) is 0 Å². The zero-order valence-corrected chi connectivity index (χ0v) is 10.5. The van der Waals surface area contributed by atoms with Crippen molar-refractivity contribution < 1.29 is 9.47 Å². The largest absolute Gasteiger partial charge is 0.493 e. The van der Waals surface area contributed by atoms with Gasteiger partial charge in [-0.1, -0.05) is 12.1 Å². The molecule has 0 N–H and O–H groups in total. The minimum absolute atomic E-state index is 0. The molecule has 0 fully saturated rings. The number of benzene rings is 1. The lowest BCUT2D eigenvalue weighted by molar-refractivity contribution is 0.355. The van der Waals surface area contributed by atoms with Gasteiger partial charge in [0.25, 0.3) is 0 Å². The molecule has 1 aromatic carbocycles. The van der Waals surface area contributed by atoms with Crippen LogP contribution in [-0.4, -0.2) is 19.2 Å². The lowest BCUT2D eigenvalue weighted by Gasteiger charge is -2.09. The van der Waals surface area contributed by atoms with Crippen molar-refractivity contribution in [1.29, 1.82) is 0 Å². The van der Waals surface area contributed by atoms with E-state index in [1.54, 1.807) is 20.4 Å². The second kappa shape index (κ2) is 6.11. The van der Waals surface area contributed by atoms with Crippen LogP contribution in [0.15, 0.2) is 42.7 Å². The number of nitrogens with zero attached hydrogens (tertiary/aromatic N) is 1. The van der Waals surface area contributed by atoms with Crippen LogP contribution in [0.5, 0.6) is 11.5 Å². The van der Waals surface area contributed by atoms with Crippen LogP contribution in [-0.2, 0) is 0 Å². The Labute approximate surface area is 107 Å². The van der Waals surface area contributed by atoms with Crippen LogP contribution in [0, 0.1) is 0 Å². The van der Waals surface area contributed by atoms with Gasteiger partial charge in [0, 0.05) is 18.0 Å². The molecule has 3 nitrogen and oxygen atoms in total. The molecule has 0 radical (unpaired) electrons. The Morgan fingerprint density at radius 2 is 1.71 bits per heavy atom. The molecule has 0 unspecified atom stereocenters. The summed E-state index contributed by atoms with van der Waals surface area (Å²) in [6.45, 7) is 0. The van der Waals surface area contributed by atoms with Gasteiger partial charge in [-0.05, 0) is 23.8 Å². The Hall–Kier alpha value is -1.74. The number of rotatable bonds is 3. The summed E-state index contributed by atoms with van der Waals surface area (Å²) in [4.78, 5) is 4.09. The molecule has 0 atom stereocenters. The normalized spacial score (nSPS) is 9.29. The molecule has 1 aromatic heterocycles. The third kappa shape index (κ3) is 2.88. The molecule has 2 rings (SSSR count). The molecule has 0 bridgehead atoms. The van der Waals surface area contributed by atoms with E-state index >= 15 is 0 Å². The van der Waals surface area contributed by atoms with E-state index in [0.717, 1.165) is 22.6 Å². The maximum Gasteiger partial charge on any atom is 0.161 e. The Morgan fingerprint density at radius 3 is 2.29 bits per heavy atom. The van der Waals surface area contributed by atoms with E-state index in [4.69, 9.17) is 9.47 Å². The average Bonchev–Trinajstić information content (AvgIpc) is 2.39. The topological polar surface area (TPSA) is 31.4 Å². The Balaban J connectivity index is 0.00000144. The summed E-state index contributed by atoms with van der Waals surface area (Å²) < 4.78 is 10.4. The van der Waals surface area contributed by atoms with Crippen molar-refractivity contribution in [2.24, 2.45) is 0 Å². The fourth-order valence-corrected chi connectivity index (χ4v) is 1.55. The summed E-state index contributed by atoms with van der Waals surface area (Å²) in [5.74, 6) is 1.46. The minimum Gasteiger partial charge on any atom is -0.493 e. The molecule has 17 heavy (non-hydrogen) atoms. The summed E-state index contributed by atoms with van der Waals surface area (Å²) in [5.41, 5.74) is 2.12. The Bertz CT molecular complexity index is 474. The number of pyridine rings is 1. The number of ether oxygens (including phenoxy) is 2. The van der Waals surface area contributed by atoms with E-state index in [-0.39, 0.29) is 12.4 Å². The van der Waals surface area contributed by atoms with Crippen LogP contribution in [0.2, 0.25) is 0 Å². The van der Waals surface area contributed by atoms with Crippen molar-refractivity contribution in [2.75, 3.05) is 14.2 Å². The third-order valence-electron chi connectivity index (χ3n) is 2.38. The number of hydrogen-bond acceptors (Lipinski definition) is 3. The maximum absolute atomic E-state index is 5.25. The van der Waals surface area contributed by atoms with Gasteiger partial charge < -0.3 is 9.47 Å². The van der Waals surface area contributed by atoms with Gasteiger partial charge in [-0.3, -0.25) is 4.98 Å². The molecular weight excluding hydrogens is 238 g/mol. The van der Waals surface area contributed by atoms with Crippen LogP contribution in [0.3, 0.4) is 0 Å². The molecule has 0 aliphatic carbocycles. The van der Waals surface area contributed by atoms with E-state index in [0.29, 0.717) is 0 Å². The van der Waals surface area contributed by atoms with Gasteiger partial charge in [-0.2, -0.15) is 0 Å². The van der Waals surface area contributed by atoms with E-state index in [9.17, 15) is 0 Å². The standard InChI is InChI=1S/C13H13NO2.ClH/c1-15-12-6-5-10(8-13(12)16-2)11-4-3-7-14-9-11;/h3-9H,1-2H3;1H. The van der Waals surface area contributed by atoms with E-state index < -0.39 is 0 Å². The summed E-state index contributed by atoms with van der Waals surface area (Å²) in [6, 6.07) is 9.73. The quantitative estimate of drug-likeness (QED) is 0.840. The first-order valence-corrected chi connectivity index (χ1v) is 4.97. The SMILES string of the molecule is COc1ccc(-c2cccnc2)cc1OC.Cl. The highest BCUT2D eigenvalue weighted by Crippen LogP contribution is 2.31. The van der Waals surface area contributed by atoms with Crippen molar-refractivity contribution in [1.82, 2.24) is 4.98 Å². The summed E-state index contributed by atoms with van der Waals surface area (Å²) in [7, 11) is 3.26. The first-order chi connectivity index (χ1) is 7.85. The predicted molar refractivity (Wildman–Crippen MR) is 70.0 cm³/mol. The molecule has 0 aliphatic rings. The smallest absolute Gasteiger partial charge is 0.161 e. The van der Waals surface area contributed by atoms with Gasteiger partial charge in [-0.25, -0.2) is 0 Å². The van der Waals surface area contributed by atoms with Crippen LogP contribution in [0.1, 0.15) is 0 Å². The molecule has 0 saturated carbocycles. The van der Waals surface area contributed by atoms with Gasteiger partial charge in [0.05, 0.1) is 14.2 Å². The van der Waals surface area contributed by atoms with Gasteiger partial charge in [0.2, 0.25) is 0 Å². The lowest BCUT2D eigenvalue weighted by Crippen LogP contribution is -1.90. The Kier molecular flexibility index (Phi) is 4.79. The number of hydrogen-bond donors (Lipinski definition) is 0. The van der Waals surface area contributed by atoms with Crippen LogP contribution in [0.4, 0.5) is 0 Å². The van der Waals surface area contributed by atoms with Crippen molar-refractivity contribution >= 4 is 12.4 Å². The summed E-state index contributed by atoms with van der Waals surface area (Å²) in [5, 5.41) is 0. The first-order valence-electron chi connectivity index (χ1n) is 4.97. The molecule has 1 heterocycles. The molecule has 0 aliphatic heterocycles. The second-order valence-electron chi connectivity index (χ2n) is 3.31. The highest BCUT2D eigenvalue weighted by Gasteiger charge is 2.05. The lowest BCUT2D eigenvalue weighted by atomic mass is 10.1. The first kappa shape index (κ1) is 13.3. The fraction of sp³-hybridized carbons (Fsp3) is 0.154. The molecule has 0 amide bonds. The average molecular weight is 252 g/mol. The van der Waals surface area contributed by atoms with E-state index in [2.05, 4.69) is 4.98 Å². The zero-order valence-electron chi connectivity index (χ0n) is 9.71. The van der Waals surface area contributed by atoms with Gasteiger partial charge in [0.1, 0.15) is 0 Å². The van der Waals surface area contributed by atoms with Crippen LogP contribution >= 0.6 is 12.4 Å². The Morgan fingerprint density at radius 1 is 0.941 bits per heavy atom. The van der Waals surface area contributed by atoms with Gasteiger partial charge >= 0.3 is 0 Å². The van der Waals surface area contributed by atoms with Crippen molar-refractivity contribution in [3.05, 3.63) is 42.7 Å². The molecule has 0 saturated heterocycles. The fourth-order valence-electron chi connectivity index (χ4n) is 1.55. The molecule has 90 valence electrons. The second-order valence-corrected chi connectivity index (χ2v) is 3.31. The van der Waals surface area contributed by atoms with Crippen molar-refractivity contribution in [3.8, 4) is 22.6 Å². The van der Waals surface area contributed by atoms with Gasteiger partial charge in [0.15, 0.2) is 11.5 Å². The maximum atomic E-state index is 5.25. The molecule has 0 spiro atoms. The number of halogens is 1. The third-order valence-corrected chi connectivity index (χ3v) is 2.38. The monoisotopic (exact) mass is 251 g/mol. The number of methoxy groups -OCH3 is 2.